The lowest BCUT2D eigenvalue weighted by atomic mass is 10.1. The maximum Gasteiger partial charge on any atom is 0.255 e. The number of rotatable bonds is 6. The van der Waals surface area contributed by atoms with Gasteiger partial charge >= 0.3 is 0 Å². The molecule has 5 heteroatoms. The molecule has 2 rings (SSSR count). The van der Waals surface area contributed by atoms with E-state index in [9.17, 15) is 9.59 Å². The van der Waals surface area contributed by atoms with Gasteiger partial charge in [0.1, 0.15) is 11.5 Å². The molecule has 1 aromatic carbocycles. The van der Waals surface area contributed by atoms with E-state index < -0.39 is 0 Å². The maximum atomic E-state index is 12.4. The lowest BCUT2D eigenvalue weighted by Gasteiger charge is -2.18. The Kier molecular flexibility index (Phi) is 6.02. The van der Waals surface area contributed by atoms with Gasteiger partial charge < -0.3 is 14.6 Å². The number of amides is 2. The Morgan fingerprint density at radius 2 is 1.60 bits per heavy atom. The van der Waals surface area contributed by atoms with Crippen molar-refractivity contribution >= 4 is 11.8 Å². The summed E-state index contributed by atoms with van der Waals surface area (Å²) >= 11 is 0. The second-order valence-electron chi connectivity index (χ2n) is 6.07. The van der Waals surface area contributed by atoms with Gasteiger partial charge in [0.25, 0.3) is 11.8 Å². The van der Waals surface area contributed by atoms with Gasteiger partial charge in [-0.2, -0.15) is 0 Å². The summed E-state index contributed by atoms with van der Waals surface area (Å²) in [5, 5.41) is 2.91. The smallest absolute Gasteiger partial charge is 0.255 e. The Balaban J connectivity index is 2.02. The molecule has 2 amide bonds. The molecule has 0 bridgehead atoms. The normalized spacial score (nSPS) is 10.6. The lowest BCUT2D eigenvalue weighted by Crippen LogP contribution is -2.30. The highest BCUT2D eigenvalue weighted by atomic mass is 16.3. The molecule has 1 N–H and O–H groups in total. The molecule has 0 unspecified atom stereocenters. The number of carbonyl (C=O) groups is 2. The molecule has 0 fully saturated rings. The van der Waals surface area contributed by atoms with Crippen LogP contribution in [-0.2, 0) is 6.54 Å². The fourth-order valence-electron chi connectivity index (χ4n) is 2.86. The lowest BCUT2D eigenvalue weighted by molar-refractivity contribution is 0.0772. The van der Waals surface area contributed by atoms with Crippen LogP contribution < -0.4 is 5.32 Å². The molecule has 0 aliphatic rings. The van der Waals surface area contributed by atoms with Crippen molar-refractivity contribution in [2.75, 3.05) is 13.1 Å². The van der Waals surface area contributed by atoms with Crippen molar-refractivity contribution in [2.24, 2.45) is 0 Å². The fraction of sp³-hybridized carbons (Fsp3) is 0.400. The van der Waals surface area contributed by atoms with Crippen molar-refractivity contribution in [1.29, 1.82) is 0 Å². The third-order valence-electron chi connectivity index (χ3n) is 4.49. The minimum Gasteiger partial charge on any atom is -0.466 e. The zero-order valence-electron chi connectivity index (χ0n) is 15.6. The maximum absolute atomic E-state index is 12.4. The molecule has 0 atom stereocenters. The van der Waals surface area contributed by atoms with Crippen LogP contribution in [0.4, 0.5) is 0 Å². The first-order valence-corrected chi connectivity index (χ1v) is 8.62. The summed E-state index contributed by atoms with van der Waals surface area (Å²) in [7, 11) is 0. The van der Waals surface area contributed by atoms with Crippen molar-refractivity contribution < 1.29 is 14.0 Å². The first kappa shape index (κ1) is 18.8. The molecule has 134 valence electrons. The predicted molar refractivity (Wildman–Crippen MR) is 97.8 cm³/mol. The summed E-state index contributed by atoms with van der Waals surface area (Å²) in [6.45, 7) is 11.2. The number of carbonyl (C=O) groups excluding carboxylic acids is 2. The van der Waals surface area contributed by atoms with Crippen LogP contribution in [0.25, 0.3) is 0 Å². The Morgan fingerprint density at radius 3 is 2.08 bits per heavy atom. The van der Waals surface area contributed by atoms with Gasteiger partial charge in [-0.15, -0.1) is 0 Å². The SMILES string of the molecule is CCN(CC)C(=O)c1ccc(CNC(=O)c2c(C)oc(C)c2C)cc1. The molecule has 1 heterocycles. The molecular weight excluding hydrogens is 316 g/mol. The molecule has 0 saturated carbocycles. The topological polar surface area (TPSA) is 62.6 Å². The van der Waals surface area contributed by atoms with E-state index in [1.807, 2.05) is 39.8 Å². The summed E-state index contributed by atoms with van der Waals surface area (Å²) < 4.78 is 5.50. The Labute approximate surface area is 149 Å². The standard InChI is InChI=1S/C20H26N2O3/c1-6-22(7-2)20(24)17-10-8-16(9-11-17)12-21-19(23)18-13(3)14(4)25-15(18)5/h8-11H,6-7,12H2,1-5H3,(H,21,23). The van der Waals surface area contributed by atoms with E-state index in [1.54, 1.807) is 24.0 Å². The van der Waals surface area contributed by atoms with Gasteiger partial charge in [-0.25, -0.2) is 0 Å². The third kappa shape index (κ3) is 4.10. The average Bonchev–Trinajstić information content (AvgIpc) is 2.86. The summed E-state index contributed by atoms with van der Waals surface area (Å²) in [6.07, 6.45) is 0. The van der Waals surface area contributed by atoms with Crippen molar-refractivity contribution in [1.82, 2.24) is 10.2 Å². The Hall–Kier alpha value is -2.56. The highest BCUT2D eigenvalue weighted by molar-refractivity contribution is 5.97. The zero-order valence-corrected chi connectivity index (χ0v) is 15.6. The zero-order chi connectivity index (χ0) is 18.6. The van der Waals surface area contributed by atoms with Crippen molar-refractivity contribution in [3.63, 3.8) is 0 Å². The molecule has 0 radical (unpaired) electrons. The average molecular weight is 342 g/mol. The molecule has 1 aromatic heterocycles. The van der Waals surface area contributed by atoms with Gasteiger partial charge in [-0.3, -0.25) is 9.59 Å². The number of hydrogen-bond donors (Lipinski definition) is 1. The number of nitrogens with zero attached hydrogens (tertiary/aromatic N) is 1. The minimum atomic E-state index is -0.143. The van der Waals surface area contributed by atoms with Crippen LogP contribution in [0.5, 0.6) is 0 Å². The Morgan fingerprint density at radius 1 is 1.00 bits per heavy atom. The van der Waals surface area contributed by atoms with Gasteiger partial charge in [0.2, 0.25) is 0 Å². The van der Waals surface area contributed by atoms with Gasteiger partial charge in [0.05, 0.1) is 5.56 Å². The largest absolute Gasteiger partial charge is 0.466 e. The van der Waals surface area contributed by atoms with Gasteiger partial charge in [0, 0.05) is 30.8 Å². The highest BCUT2D eigenvalue weighted by Crippen LogP contribution is 2.20. The second kappa shape index (κ2) is 8.01. The number of nitrogens with one attached hydrogen (secondary N) is 1. The van der Waals surface area contributed by atoms with Crippen molar-refractivity contribution in [3.05, 3.63) is 58.0 Å². The number of furan rings is 1. The molecule has 0 spiro atoms. The van der Waals surface area contributed by atoms with E-state index in [2.05, 4.69) is 5.32 Å². The van der Waals surface area contributed by atoms with E-state index in [1.165, 1.54) is 0 Å². The van der Waals surface area contributed by atoms with Gasteiger partial charge in [0.15, 0.2) is 0 Å². The number of aryl methyl sites for hydroxylation is 2. The monoisotopic (exact) mass is 342 g/mol. The van der Waals surface area contributed by atoms with Crippen molar-refractivity contribution in [2.45, 2.75) is 41.2 Å². The van der Waals surface area contributed by atoms with E-state index in [4.69, 9.17) is 4.42 Å². The molecule has 0 saturated heterocycles. The van der Waals surface area contributed by atoms with Crippen LogP contribution in [0.15, 0.2) is 28.7 Å². The Bertz CT molecular complexity index is 756. The van der Waals surface area contributed by atoms with Crippen LogP contribution in [-0.4, -0.2) is 29.8 Å². The molecule has 0 aliphatic carbocycles. The molecule has 25 heavy (non-hydrogen) atoms. The quantitative estimate of drug-likeness (QED) is 0.872. The second-order valence-corrected chi connectivity index (χ2v) is 6.07. The summed E-state index contributed by atoms with van der Waals surface area (Å²) in [4.78, 5) is 26.5. The molecule has 2 aromatic rings. The fourth-order valence-corrected chi connectivity index (χ4v) is 2.86. The van der Waals surface area contributed by atoms with Crippen molar-refractivity contribution in [3.8, 4) is 0 Å². The van der Waals surface area contributed by atoms with Gasteiger partial charge in [-0.1, -0.05) is 12.1 Å². The van der Waals surface area contributed by atoms with E-state index in [0.29, 0.717) is 36.5 Å². The number of benzene rings is 1. The van der Waals surface area contributed by atoms with Crippen LogP contribution in [0.3, 0.4) is 0 Å². The highest BCUT2D eigenvalue weighted by Gasteiger charge is 2.18. The first-order chi connectivity index (χ1) is 11.9. The van der Waals surface area contributed by atoms with E-state index >= 15 is 0 Å². The minimum absolute atomic E-state index is 0.0284. The third-order valence-corrected chi connectivity index (χ3v) is 4.49. The summed E-state index contributed by atoms with van der Waals surface area (Å²) in [5.41, 5.74) is 3.08. The van der Waals surface area contributed by atoms with Crippen LogP contribution in [0.1, 0.15) is 57.2 Å². The number of hydrogen-bond acceptors (Lipinski definition) is 3. The molecule has 5 nitrogen and oxygen atoms in total. The van der Waals surface area contributed by atoms with Gasteiger partial charge in [-0.05, 0) is 52.3 Å². The van der Waals surface area contributed by atoms with Crippen LogP contribution >= 0.6 is 0 Å². The van der Waals surface area contributed by atoms with Crippen LogP contribution in [0.2, 0.25) is 0 Å². The molecular formula is C20H26N2O3. The predicted octanol–water partition coefficient (Wildman–Crippen LogP) is 3.62. The molecule has 0 aliphatic heterocycles. The van der Waals surface area contributed by atoms with E-state index in [-0.39, 0.29) is 11.8 Å². The summed E-state index contributed by atoms with van der Waals surface area (Å²) in [5.74, 6) is 1.28. The van der Waals surface area contributed by atoms with Crippen LogP contribution in [0, 0.1) is 20.8 Å². The summed E-state index contributed by atoms with van der Waals surface area (Å²) in [6, 6.07) is 7.36. The van der Waals surface area contributed by atoms with E-state index in [0.717, 1.165) is 16.9 Å². The first-order valence-electron chi connectivity index (χ1n) is 8.62.